The molecule has 1 heterocycles. The van der Waals surface area contributed by atoms with Gasteiger partial charge in [-0.2, -0.15) is 0 Å². The first kappa shape index (κ1) is 16.0. The Morgan fingerprint density at radius 2 is 2.15 bits per heavy atom. The molecule has 0 saturated carbocycles. The number of rotatable bonds is 5. The van der Waals surface area contributed by atoms with Crippen LogP contribution in [0, 0.1) is 5.92 Å². The summed E-state index contributed by atoms with van der Waals surface area (Å²) in [6, 6.07) is 8.59. The maximum atomic E-state index is 10.3. The smallest absolute Gasteiger partial charge is 0.0802 e. The highest BCUT2D eigenvalue weighted by Crippen LogP contribution is 2.24. The van der Waals surface area contributed by atoms with E-state index < -0.39 is 0 Å². The molecule has 1 saturated heterocycles. The molecule has 20 heavy (non-hydrogen) atoms. The van der Waals surface area contributed by atoms with Crippen molar-refractivity contribution in [2.75, 3.05) is 33.7 Å². The zero-order valence-corrected chi connectivity index (χ0v) is 14.2. The molecular weight excluding hydrogens is 316 g/mol. The van der Waals surface area contributed by atoms with Crippen LogP contribution < -0.4 is 0 Å². The van der Waals surface area contributed by atoms with E-state index in [9.17, 15) is 5.11 Å². The van der Waals surface area contributed by atoms with Crippen molar-refractivity contribution in [1.82, 2.24) is 9.80 Å². The Bertz CT molecular complexity index is 438. The van der Waals surface area contributed by atoms with Gasteiger partial charge in [0.15, 0.2) is 0 Å². The summed E-state index contributed by atoms with van der Waals surface area (Å²) in [4.78, 5) is 4.78. The molecule has 3 nitrogen and oxygen atoms in total. The van der Waals surface area contributed by atoms with Gasteiger partial charge in [-0.1, -0.05) is 35.0 Å². The highest BCUT2D eigenvalue weighted by Gasteiger charge is 2.30. The molecule has 1 fully saturated rings. The normalized spacial score (nSPS) is 25.3. The van der Waals surface area contributed by atoms with Crippen LogP contribution in [-0.2, 0) is 0 Å². The van der Waals surface area contributed by atoms with Gasteiger partial charge in [0.25, 0.3) is 0 Å². The van der Waals surface area contributed by atoms with E-state index in [1.165, 1.54) is 0 Å². The van der Waals surface area contributed by atoms with Crippen molar-refractivity contribution in [1.29, 1.82) is 0 Å². The number of aliphatic hydroxyl groups excluding tert-OH is 1. The summed E-state index contributed by atoms with van der Waals surface area (Å²) in [6.07, 6.45) is 0.421. The van der Waals surface area contributed by atoms with Gasteiger partial charge in [0.05, 0.1) is 6.10 Å². The van der Waals surface area contributed by atoms with E-state index in [1.807, 2.05) is 24.3 Å². The fourth-order valence-electron chi connectivity index (χ4n) is 3.09. The van der Waals surface area contributed by atoms with Gasteiger partial charge in [-0.05, 0) is 44.1 Å². The van der Waals surface area contributed by atoms with Crippen molar-refractivity contribution in [3.8, 4) is 0 Å². The molecule has 1 aromatic rings. The molecule has 4 heteroatoms. The Morgan fingerprint density at radius 3 is 2.75 bits per heavy atom. The summed E-state index contributed by atoms with van der Waals surface area (Å²) in [7, 11) is 4.31. The van der Waals surface area contributed by atoms with Crippen LogP contribution in [0.2, 0.25) is 0 Å². The number of halogens is 1. The largest absolute Gasteiger partial charge is 0.388 e. The van der Waals surface area contributed by atoms with Crippen molar-refractivity contribution in [3.05, 3.63) is 34.3 Å². The maximum Gasteiger partial charge on any atom is 0.0802 e. The Morgan fingerprint density at radius 1 is 1.40 bits per heavy atom. The van der Waals surface area contributed by atoms with Crippen LogP contribution >= 0.6 is 15.9 Å². The van der Waals surface area contributed by atoms with Crippen LogP contribution in [0.5, 0.6) is 0 Å². The minimum Gasteiger partial charge on any atom is -0.388 e. The Balaban J connectivity index is 1.84. The summed E-state index contributed by atoms with van der Waals surface area (Å²) in [5.74, 6) is 0.702. The third-order valence-electron chi connectivity index (χ3n) is 4.26. The monoisotopic (exact) mass is 340 g/mol. The van der Waals surface area contributed by atoms with Gasteiger partial charge in [-0.25, -0.2) is 0 Å². The molecule has 1 aliphatic rings. The molecule has 0 bridgehead atoms. The first-order valence-electron chi connectivity index (χ1n) is 7.29. The van der Waals surface area contributed by atoms with Gasteiger partial charge in [0, 0.05) is 30.1 Å². The number of aliphatic hydroxyl groups is 1. The molecule has 0 aromatic heterocycles. The van der Waals surface area contributed by atoms with Crippen molar-refractivity contribution in [2.24, 2.45) is 5.92 Å². The fourth-order valence-corrected chi connectivity index (χ4v) is 3.51. The predicted molar refractivity (Wildman–Crippen MR) is 86.8 cm³/mol. The van der Waals surface area contributed by atoms with E-state index in [2.05, 4.69) is 46.7 Å². The van der Waals surface area contributed by atoms with Gasteiger partial charge in [-0.15, -0.1) is 0 Å². The lowest BCUT2D eigenvalue weighted by Gasteiger charge is -2.23. The van der Waals surface area contributed by atoms with E-state index in [-0.39, 0.29) is 6.10 Å². The van der Waals surface area contributed by atoms with Gasteiger partial charge < -0.3 is 14.9 Å². The van der Waals surface area contributed by atoms with Crippen LogP contribution in [0.25, 0.3) is 0 Å². The molecule has 1 aromatic carbocycles. The van der Waals surface area contributed by atoms with E-state index in [1.54, 1.807) is 0 Å². The van der Waals surface area contributed by atoms with Crippen molar-refractivity contribution in [3.63, 3.8) is 0 Å². The lowest BCUT2D eigenvalue weighted by atomic mass is 10.1. The highest BCUT2D eigenvalue weighted by molar-refractivity contribution is 9.10. The molecule has 0 amide bonds. The minimum absolute atomic E-state index is 0.374. The molecule has 2 rings (SSSR count). The minimum atomic E-state index is -0.374. The summed E-state index contributed by atoms with van der Waals surface area (Å²) in [5, 5.41) is 10.3. The molecule has 112 valence electrons. The quantitative estimate of drug-likeness (QED) is 0.892. The zero-order chi connectivity index (χ0) is 14.7. The fraction of sp³-hybridized carbons (Fsp3) is 0.625. The van der Waals surface area contributed by atoms with E-state index >= 15 is 0 Å². The number of likely N-dealkylation sites (tertiary alicyclic amines) is 1. The number of likely N-dealkylation sites (N-methyl/N-ethyl adjacent to an activating group) is 1. The molecular formula is C16H25BrN2O. The average Bonchev–Trinajstić information content (AvgIpc) is 2.77. The Kier molecular flexibility index (Phi) is 5.61. The molecule has 3 unspecified atom stereocenters. The predicted octanol–water partition coefficient (Wildman–Crippen LogP) is 2.75. The van der Waals surface area contributed by atoms with Crippen molar-refractivity contribution >= 4 is 15.9 Å². The molecule has 1 aliphatic heterocycles. The lowest BCUT2D eigenvalue weighted by Crippen LogP contribution is -2.34. The van der Waals surface area contributed by atoms with Crippen LogP contribution in [0.4, 0.5) is 0 Å². The first-order chi connectivity index (χ1) is 9.47. The third kappa shape index (κ3) is 4.04. The second kappa shape index (κ2) is 7.03. The molecule has 1 N–H and O–H groups in total. The van der Waals surface area contributed by atoms with Crippen LogP contribution in [0.3, 0.4) is 0 Å². The second-order valence-electron chi connectivity index (χ2n) is 6.13. The zero-order valence-electron chi connectivity index (χ0n) is 12.6. The molecule has 0 spiro atoms. The van der Waals surface area contributed by atoms with Crippen LogP contribution in [0.1, 0.15) is 25.0 Å². The van der Waals surface area contributed by atoms with E-state index in [0.29, 0.717) is 12.0 Å². The highest BCUT2D eigenvalue weighted by atomic mass is 79.9. The van der Waals surface area contributed by atoms with Gasteiger partial charge in [-0.3, -0.25) is 0 Å². The molecule has 0 aliphatic carbocycles. The topological polar surface area (TPSA) is 26.7 Å². The maximum absolute atomic E-state index is 10.3. The summed E-state index contributed by atoms with van der Waals surface area (Å²) >= 11 is 3.45. The summed E-state index contributed by atoms with van der Waals surface area (Å²) in [6.45, 7) is 5.52. The van der Waals surface area contributed by atoms with E-state index in [0.717, 1.165) is 36.1 Å². The van der Waals surface area contributed by atoms with Gasteiger partial charge in [0.1, 0.15) is 0 Å². The molecule has 3 atom stereocenters. The first-order valence-corrected chi connectivity index (χ1v) is 8.09. The Labute approximate surface area is 130 Å². The second-order valence-corrected chi connectivity index (χ2v) is 7.04. The van der Waals surface area contributed by atoms with Gasteiger partial charge >= 0.3 is 0 Å². The average molecular weight is 341 g/mol. The van der Waals surface area contributed by atoms with E-state index in [4.69, 9.17) is 0 Å². The number of hydrogen-bond acceptors (Lipinski definition) is 3. The number of nitrogens with zero attached hydrogens (tertiary/aromatic N) is 2. The standard InChI is InChI=1S/C16H25BrN2O/c1-12-10-19(11-15(12)18(2)3)8-7-16(20)13-5-4-6-14(17)9-13/h4-6,9,12,15-16,20H,7-8,10-11H2,1-3H3. The van der Waals surface area contributed by atoms with Crippen molar-refractivity contribution in [2.45, 2.75) is 25.5 Å². The third-order valence-corrected chi connectivity index (χ3v) is 4.76. The molecule has 0 radical (unpaired) electrons. The summed E-state index contributed by atoms with van der Waals surface area (Å²) < 4.78 is 1.02. The van der Waals surface area contributed by atoms with Gasteiger partial charge in [0.2, 0.25) is 0 Å². The Hall–Kier alpha value is -0.420. The number of hydrogen-bond donors (Lipinski definition) is 1. The van der Waals surface area contributed by atoms with Crippen LogP contribution in [0.15, 0.2) is 28.7 Å². The van der Waals surface area contributed by atoms with Crippen LogP contribution in [-0.4, -0.2) is 54.7 Å². The number of benzene rings is 1. The summed E-state index contributed by atoms with van der Waals surface area (Å²) in [5.41, 5.74) is 0.996. The lowest BCUT2D eigenvalue weighted by molar-refractivity contribution is 0.146. The van der Waals surface area contributed by atoms with Crippen molar-refractivity contribution < 1.29 is 5.11 Å². The SMILES string of the molecule is CC1CN(CCC(O)c2cccc(Br)c2)CC1N(C)C.